The molecular weight excluding hydrogens is 226 g/mol. The minimum absolute atomic E-state index is 0. The third-order valence-electron chi connectivity index (χ3n) is 1.24. The smallest absolute Gasteiger partial charge is 0.545 e. The number of hydrogen-bond donors (Lipinski definition) is 0. The average Bonchev–Trinajstić information content (AvgIpc) is 2.07. The number of carboxylic acid groups (broad SMARTS) is 1. The van der Waals surface area contributed by atoms with Crippen LogP contribution >= 0.6 is 11.6 Å². The summed E-state index contributed by atoms with van der Waals surface area (Å²) >= 11 is 5.40. The molecule has 1 aromatic rings. The summed E-state index contributed by atoms with van der Waals surface area (Å²) in [4.78, 5) is 13.7. The van der Waals surface area contributed by atoms with E-state index in [-0.39, 0.29) is 23.9 Å². The largest absolute Gasteiger partial charge is 1.00 e. The van der Waals surface area contributed by atoms with Crippen LogP contribution in [-0.2, 0) is 0 Å². The molecule has 0 aliphatic heterocycles. The summed E-state index contributed by atoms with van der Waals surface area (Å²) in [7, 11) is 0. The van der Waals surface area contributed by atoms with Crippen molar-refractivity contribution in [2.24, 2.45) is 0 Å². The normalized spacial score (nSPS) is 9.60. The van der Waals surface area contributed by atoms with Crippen molar-refractivity contribution < 1.29 is 42.3 Å². The topological polar surface area (TPSA) is 62.2 Å². The van der Waals surface area contributed by atoms with Crippen LogP contribution in [0.4, 0.5) is 8.78 Å². The molecule has 8 heteroatoms. The Morgan fingerprint density at radius 1 is 1.60 bits per heavy atom. The van der Waals surface area contributed by atoms with Gasteiger partial charge in [0.2, 0.25) is 5.88 Å². The van der Waals surface area contributed by atoms with Crippen molar-refractivity contribution in [3.63, 3.8) is 0 Å². The van der Waals surface area contributed by atoms with E-state index in [1.54, 1.807) is 0 Å². The Balaban J connectivity index is 0.00000196. The van der Waals surface area contributed by atoms with E-state index in [1.165, 1.54) is 0 Å². The van der Waals surface area contributed by atoms with Gasteiger partial charge in [-0.05, 0) is 6.07 Å². The van der Waals surface area contributed by atoms with Crippen LogP contribution < -0.4 is 28.7 Å². The number of rotatable bonds is 3. The van der Waals surface area contributed by atoms with Gasteiger partial charge < -0.3 is 14.6 Å². The van der Waals surface area contributed by atoms with Crippen LogP contribution in [0.1, 0.15) is 10.4 Å². The van der Waals surface area contributed by atoms with E-state index < -0.39 is 24.0 Å². The third kappa shape index (κ3) is 4.04. The summed E-state index contributed by atoms with van der Waals surface area (Å²) in [6.45, 7) is -3.15. The van der Waals surface area contributed by atoms with Crippen LogP contribution in [0.15, 0.2) is 12.3 Å². The Kier molecular flexibility index (Phi) is 5.58. The number of nitrogens with zero attached hydrogens (tertiary/aromatic N) is 1. The molecule has 0 saturated carbocycles. The molecule has 0 atom stereocenters. The second-order valence-electron chi connectivity index (χ2n) is 2.17. The van der Waals surface area contributed by atoms with E-state index in [2.05, 4.69) is 9.72 Å². The molecule has 1 aromatic heterocycles. The summed E-state index contributed by atoms with van der Waals surface area (Å²) in [5.74, 6) is -2.40. The predicted octanol–water partition coefficient (Wildman–Crippen LogP) is -2.30. The molecule has 0 bridgehead atoms. The van der Waals surface area contributed by atoms with Crippen molar-refractivity contribution in [2.75, 3.05) is 0 Å². The van der Waals surface area contributed by atoms with Crippen LogP contribution in [0.3, 0.4) is 0 Å². The molecule has 0 fully saturated rings. The van der Waals surface area contributed by atoms with Gasteiger partial charge in [0, 0.05) is 6.20 Å². The van der Waals surface area contributed by atoms with Gasteiger partial charge in [-0.3, -0.25) is 0 Å². The molecule has 0 radical (unpaired) electrons. The van der Waals surface area contributed by atoms with Gasteiger partial charge in [0.25, 0.3) is 0 Å². The first-order valence-corrected chi connectivity index (χ1v) is 3.70. The Hall–Kier alpha value is -0.833. The molecule has 0 aliphatic carbocycles. The second kappa shape index (κ2) is 5.91. The molecule has 0 aromatic carbocycles. The molecular formula is C7H3ClF2LiNO3. The molecule has 0 saturated heterocycles. The van der Waals surface area contributed by atoms with E-state index >= 15 is 0 Å². The van der Waals surface area contributed by atoms with Gasteiger partial charge in [0.15, 0.2) is 0 Å². The number of halogens is 3. The summed E-state index contributed by atoms with van der Waals surface area (Å²) in [5.41, 5.74) is -0.613. The molecule has 76 valence electrons. The van der Waals surface area contributed by atoms with Crippen molar-refractivity contribution in [3.05, 3.63) is 22.8 Å². The Labute approximate surface area is 100 Å². The van der Waals surface area contributed by atoms with Gasteiger partial charge in [0.1, 0.15) is 0 Å². The number of carbonyl (C=O) groups excluding carboxylic acids is 1. The minimum atomic E-state index is -3.15. The van der Waals surface area contributed by atoms with E-state index in [1.807, 2.05) is 0 Å². The summed E-state index contributed by atoms with van der Waals surface area (Å²) < 4.78 is 27.3. The van der Waals surface area contributed by atoms with Gasteiger partial charge in [-0.15, -0.1) is 0 Å². The zero-order chi connectivity index (χ0) is 10.7. The van der Waals surface area contributed by atoms with Crippen molar-refractivity contribution in [1.29, 1.82) is 0 Å². The maximum absolute atomic E-state index is 11.8. The molecule has 1 heterocycles. The number of aromatic carboxylic acids is 1. The first-order valence-electron chi connectivity index (χ1n) is 3.32. The number of pyridine rings is 1. The minimum Gasteiger partial charge on any atom is -0.545 e. The molecule has 0 aliphatic rings. The van der Waals surface area contributed by atoms with Crippen molar-refractivity contribution in [3.8, 4) is 5.88 Å². The van der Waals surface area contributed by atoms with Crippen molar-refractivity contribution in [2.45, 2.75) is 6.61 Å². The first-order chi connectivity index (χ1) is 6.50. The van der Waals surface area contributed by atoms with E-state index in [0.717, 1.165) is 12.3 Å². The van der Waals surface area contributed by atoms with Gasteiger partial charge in [-0.1, -0.05) is 11.6 Å². The molecule has 0 spiro atoms. The average molecular weight is 229 g/mol. The number of ether oxygens (including phenoxy) is 1. The van der Waals surface area contributed by atoms with Crippen LogP contribution in [0.25, 0.3) is 0 Å². The Bertz CT molecular complexity index is 364. The summed E-state index contributed by atoms with van der Waals surface area (Å²) in [6.07, 6.45) is 0.992. The van der Waals surface area contributed by atoms with Crippen LogP contribution in [0.2, 0.25) is 5.02 Å². The standard InChI is InChI=1S/C7H4ClF2NO3.Li/c8-3-1-4(6(12)13)5(11-2-3)14-7(9)10;/h1-2,7H,(H,12,13);/q;+1/p-1. The van der Waals surface area contributed by atoms with Gasteiger partial charge in [0.05, 0.1) is 16.6 Å². The fraction of sp³-hybridized carbons (Fsp3) is 0.143. The zero-order valence-corrected chi connectivity index (χ0v) is 8.29. The molecule has 15 heavy (non-hydrogen) atoms. The maximum atomic E-state index is 11.8. The Morgan fingerprint density at radius 2 is 2.20 bits per heavy atom. The van der Waals surface area contributed by atoms with Crippen LogP contribution in [0, 0.1) is 0 Å². The quantitative estimate of drug-likeness (QED) is 0.547. The number of alkyl halides is 2. The second-order valence-corrected chi connectivity index (χ2v) is 2.61. The number of aromatic nitrogens is 1. The number of carbonyl (C=O) groups is 1. The number of hydrogen-bond acceptors (Lipinski definition) is 4. The van der Waals surface area contributed by atoms with Gasteiger partial charge in [-0.25, -0.2) is 4.98 Å². The predicted molar refractivity (Wildman–Crippen MR) is 40.2 cm³/mol. The summed E-state index contributed by atoms with van der Waals surface area (Å²) in [5, 5.41) is 10.4. The first kappa shape index (κ1) is 14.2. The van der Waals surface area contributed by atoms with Crippen LogP contribution in [-0.4, -0.2) is 17.6 Å². The number of carboxylic acids is 1. The fourth-order valence-corrected chi connectivity index (χ4v) is 0.909. The Morgan fingerprint density at radius 3 is 2.67 bits per heavy atom. The molecule has 0 unspecified atom stereocenters. The van der Waals surface area contributed by atoms with Crippen molar-refractivity contribution >= 4 is 17.6 Å². The summed E-state index contributed by atoms with van der Waals surface area (Å²) in [6, 6.07) is 0.918. The fourth-order valence-electron chi connectivity index (χ4n) is 0.751. The van der Waals surface area contributed by atoms with E-state index in [4.69, 9.17) is 11.6 Å². The van der Waals surface area contributed by atoms with E-state index in [9.17, 15) is 18.7 Å². The van der Waals surface area contributed by atoms with Crippen LogP contribution in [0.5, 0.6) is 5.88 Å². The molecule has 4 nitrogen and oxygen atoms in total. The van der Waals surface area contributed by atoms with E-state index in [0.29, 0.717) is 0 Å². The van der Waals surface area contributed by atoms with Crippen molar-refractivity contribution in [1.82, 2.24) is 4.98 Å². The molecule has 0 amide bonds. The third-order valence-corrected chi connectivity index (χ3v) is 1.45. The maximum Gasteiger partial charge on any atom is 1.00 e. The SMILES string of the molecule is O=C([O-])c1cc(Cl)cnc1OC(F)F.[Li+]. The molecule has 1 rings (SSSR count). The zero-order valence-electron chi connectivity index (χ0n) is 7.54. The van der Waals surface area contributed by atoms with Gasteiger partial charge >= 0.3 is 25.5 Å². The van der Waals surface area contributed by atoms with Gasteiger partial charge in [-0.2, -0.15) is 8.78 Å². The molecule has 0 N–H and O–H groups in total. The monoisotopic (exact) mass is 229 g/mol.